The van der Waals surface area contributed by atoms with Gasteiger partial charge in [0.05, 0.1) is 16.6 Å². The molecule has 0 amide bonds. The van der Waals surface area contributed by atoms with Crippen LogP contribution >= 0.6 is 31.9 Å². The van der Waals surface area contributed by atoms with Crippen LogP contribution in [0, 0.1) is 6.92 Å². The van der Waals surface area contributed by atoms with Crippen LogP contribution in [0.4, 0.5) is 0 Å². The fourth-order valence-corrected chi connectivity index (χ4v) is 2.83. The lowest BCUT2D eigenvalue weighted by Gasteiger charge is -2.10. The number of ether oxygens (including phenoxy) is 3. The molecule has 0 radical (unpaired) electrons. The minimum absolute atomic E-state index is 0.417. The smallest absolute Gasteiger partial charge is 0.343 e. The Bertz CT molecular complexity index is 701. The zero-order valence-electron chi connectivity index (χ0n) is 12.8. The van der Waals surface area contributed by atoms with Crippen molar-refractivity contribution in [1.82, 2.24) is 0 Å². The summed E-state index contributed by atoms with van der Waals surface area (Å²) in [6.07, 6.45) is 0. The maximum atomic E-state index is 12.3. The summed E-state index contributed by atoms with van der Waals surface area (Å²) in [7, 11) is 1.61. The minimum atomic E-state index is -0.417. The molecular weight excluding hydrogens is 428 g/mol. The van der Waals surface area contributed by atoms with Gasteiger partial charge >= 0.3 is 5.97 Å². The summed E-state index contributed by atoms with van der Waals surface area (Å²) in [6.45, 7) is 2.83. The molecule has 2 aromatic carbocycles. The van der Waals surface area contributed by atoms with E-state index < -0.39 is 5.97 Å². The van der Waals surface area contributed by atoms with Crippen LogP contribution < -0.4 is 9.47 Å². The van der Waals surface area contributed by atoms with E-state index >= 15 is 0 Å². The highest BCUT2D eigenvalue weighted by Gasteiger charge is 2.13. The Morgan fingerprint density at radius 3 is 2.43 bits per heavy atom. The molecule has 0 bridgehead atoms. The predicted octanol–water partition coefficient (Wildman–Crippen LogP) is 4.76. The maximum Gasteiger partial charge on any atom is 0.343 e. The molecule has 23 heavy (non-hydrogen) atoms. The van der Waals surface area contributed by atoms with Gasteiger partial charge in [-0.05, 0) is 64.8 Å². The minimum Gasteiger partial charge on any atom is -0.490 e. The van der Waals surface area contributed by atoms with Crippen LogP contribution in [-0.2, 0) is 4.74 Å². The number of halogens is 2. The van der Waals surface area contributed by atoms with Gasteiger partial charge in [-0.1, -0.05) is 15.9 Å². The number of esters is 1. The Hall–Kier alpha value is -1.37. The molecule has 0 aliphatic heterocycles. The summed E-state index contributed by atoms with van der Waals surface area (Å²) in [5.41, 5.74) is 1.32. The molecule has 4 nitrogen and oxygen atoms in total. The third-order valence-electron chi connectivity index (χ3n) is 3.05. The third kappa shape index (κ3) is 5.06. The molecule has 0 aliphatic rings. The van der Waals surface area contributed by atoms with Crippen molar-refractivity contribution in [3.8, 4) is 11.5 Å². The molecule has 0 spiro atoms. The summed E-state index contributed by atoms with van der Waals surface area (Å²) < 4.78 is 17.5. The van der Waals surface area contributed by atoms with E-state index in [1.54, 1.807) is 31.4 Å². The molecule has 2 aromatic rings. The van der Waals surface area contributed by atoms with Gasteiger partial charge < -0.3 is 14.2 Å². The van der Waals surface area contributed by atoms with Crippen molar-refractivity contribution in [1.29, 1.82) is 0 Å². The fourth-order valence-electron chi connectivity index (χ4n) is 1.87. The lowest BCUT2D eigenvalue weighted by molar-refractivity contribution is 0.0733. The van der Waals surface area contributed by atoms with Crippen molar-refractivity contribution in [2.75, 3.05) is 20.3 Å². The zero-order chi connectivity index (χ0) is 16.8. The quantitative estimate of drug-likeness (QED) is 0.366. The second kappa shape index (κ2) is 8.47. The van der Waals surface area contributed by atoms with Crippen molar-refractivity contribution in [3.63, 3.8) is 0 Å². The molecule has 0 heterocycles. The number of methoxy groups -OCH3 is 1. The van der Waals surface area contributed by atoms with E-state index in [0.717, 1.165) is 10.0 Å². The number of hydrogen-bond donors (Lipinski definition) is 0. The lowest BCUT2D eigenvalue weighted by Crippen LogP contribution is -2.10. The van der Waals surface area contributed by atoms with Crippen molar-refractivity contribution in [2.24, 2.45) is 0 Å². The van der Waals surface area contributed by atoms with Crippen LogP contribution in [0.5, 0.6) is 11.5 Å². The van der Waals surface area contributed by atoms with Gasteiger partial charge in [-0.25, -0.2) is 4.79 Å². The van der Waals surface area contributed by atoms with E-state index in [1.807, 2.05) is 19.1 Å². The molecular formula is C17H16Br2O4. The zero-order valence-corrected chi connectivity index (χ0v) is 15.9. The first-order valence-electron chi connectivity index (χ1n) is 6.91. The maximum absolute atomic E-state index is 12.3. The number of aryl methyl sites for hydroxylation is 1. The summed E-state index contributed by atoms with van der Waals surface area (Å²) in [4.78, 5) is 12.3. The molecule has 0 N–H and O–H groups in total. The fraction of sp³-hybridized carbons (Fsp3) is 0.235. The van der Waals surface area contributed by atoms with E-state index in [1.165, 1.54) is 0 Å². The van der Waals surface area contributed by atoms with Crippen LogP contribution in [0.15, 0.2) is 45.3 Å². The number of hydrogen-bond acceptors (Lipinski definition) is 4. The third-order valence-corrected chi connectivity index (χ3v) is 4.17. The molecule has 0 unspecified atom stereocenters. The van der Waals surface area contributed by atoms with Crippen LogP contribution in [0.3, 0.4) is 0 Å². The first-order valence-corrected chi connectivity index (χ1v) is 8.49. The largest absolute Gasteiger partial charge is 0.490 e. The Morgan fingerprint density at radius 1 is 1.04 bits per heavy atom. The lowest BCUT2D eigenvalue weighted by atomic mass is 10.2. The van der Waals surface area contributed by atoms with E-state index in [0.29, 0.717) is 34.7 Å². The number of carbonyl (C=O) groups is 1. The van der Waals surface area contributed by atoms with Gasteiger partial charge in [-0.2, -0.15) is 0 Å². The Balaban J connectivity index is 2.09. The summed E-state index contributed by atoms with van der Waals surface area (Å²) in [6, 6.07) is 10.6. The van der Waals surface area contributed by atoms with Gasteiger partial charge in [0, 0.05) is 11.6 Å². The second-order valence-electron chi connectivity index (χ2n) is 4.79. The van der Waals surface area contributed by atoms with Crippen molar-refractivity contribution < 1.29 is 19.0 Å². The van der Waals surface area contributed by atoms with Gasteiger partial charge in [-0.15, -0.1) is 0 Å². The van der Waals surface area contributed by atoms with Crippen molar-refractivity contribution >= 4 is 37.8 Å². The van der Waals surface area contributed by atoms with E-state index in [2.05, 4.69) is 31.9 Å². The highest BCUT2D eigenvalue weighted by Crippen LogP contribution is 2.27. The van der Waals surface area contributed by atoms with Gasteiger partial charge in [-0.3, -0.25) is 0 Å². The van der Waals surface area contributed by atoms with Gasteiger partial charge in [0.25, 0.3) is 0 Å². The molecule has 0 atom stereocenters. The summed E-state index contributed by atoms with van der Waals surface area (Å²) in [5, 5.41) is 0. The molecule has 0 aliphatic carbocycles. The molecule has 2 rings (SSSR count). The van der Waals surface area contributed by atoms with Crippen molar-refractivity contribution in [2.45, 2.75) is 6.92 Å². The first kappa shape index (κ1) is 18.0. The molecule has 0 saturated carbocycles. The number of carbonyl (C=O) groups excluding carboxylic acids is 1. The molecule has 6 heteroatoms. The number of rotatable bonds is 6. The highest BCUT2D eigenvalue weighted by molar-refractivity contribution is 9.10. The van der Waals surface area contributed by atoms with E-state index in [4.69, 9.17) is 14.2 Å². The normalized spacial score (nSPS) is 10.4. The van der Waals surface area contributed by atoms with Crippen LogP contribution in [-0.4, -0.2) is 26.3 Å². The van der Waals surface area contributed by atoms with E-state index in [-0.39, 0.29) is 0 Å². The van der Waals surface area contributed by atoms with Crippen LogP contribution in [0.25, 0.3) is 0 Å². The monoisotopic (exact) mass is 442 g/mol. The van der Waals surface area contributed by atoms with Gasteiger partial charge in [0.15, 0.2) is 0 Å². The summed E-state index contributed by atoms with van der Waals surface area (Å²) in [5.74, 6) is 0.771. The topological polar surface area (TPSA) is 44.8 Å². The SMILES string of the molecule is COCCOc1ccc(C(=O)Oc2ccc(Br)cc2C)cc1Br. The highest BCUT2D eigenvalue weighted by atomic mass is 79.9. The number of benzene rings is 2. The van der Waals surface area contributed by atoms with Gasteiger partial charge in [0.1, 0.15) is 18.1 Å². The average molecular weight is 444 g/mol. The first-order chi connectivity index (χ1) is 11.0. The van der Waals surface area contributed by atoms with Gasteiger partial charge in [0.2, 0.25) is 0 Å². The van der Waals surface area contributed by atoms with Crippen molar-refractivity contribution in [3.05, 3.63) is 56.5 Å². The standard InChI is InChI=1S/C17H16Br2O4/c1-11-9-13(18)4-6-15(11)23-17(20)12-3-5-16(14(19)10-12)22-8-7-21-2/h3-6,9-10H,7-8H2,1-2H3. The summed E-state index contributed by atoms with van der Waals surface area (Å²) >= 11 is 6.78. The van der Waals surface area contributed by atoms with E-state index in [9.17, 15) is 4.79 Å². The van der Waals surface area contributed by atoms with Crippen LogP contribution in [0.2, 0.25) is 0 Å². The predicted molar refractivity (Wildman–Crippen MR) is 95.4 cm³/mol. The Labute approximate surface area is 152 Å². The molecule has 122 valence electrons. The Morgan fingerprint density at radius 2 is 1.78 bits per heavy atom. The molecule has 0 saturated heterocycles. The molecule has 0 aromatic heterocycles. The Kier molecular flexibility index (Phi) is 6.62. The van der Waals surface area contributed by atoms with Crippen LogP contribution in [0.1, 0.15) is 15.9 Å². The molecule has 0 fully saturated rings. The average Bonchev–Trinajstić information content (AvgIpc) is 2.51. The second-order valence-corrected chi connectivity index (χ2v) is 6.56.